The molecule has 29 heavy (non-hydrogen) atoms. The Labute approximate surface area is 172 Å². The average molecular weight is 413 g/mol. The SMILES string of the molecule is CC(C)c1ccccc1NC(=O)Cn1c(C(C)C)nc2scc(C(=O)O)c2c1=O. The summed E-state index contributed by atoms with van der Waals surface area (Å²) in [5, 5.41) is 13.7. The van der Waals surface area contributed by atoms with E-state index in [9.17, 15) is 19.5 Å². The van der Waals surface area contributed by atoms with E-state index in [1.807, 2.05) is 52.0 Å². The molecule has 0 bridgehead atoms. The highest BCUT2D eigenvalue weighted by Crippen LogP contribution is 2.25. The molecule has 3 rings (SSSR count). The van der Waals surface area contributed by atoms with E-state index >= 15 is 0 Å². The maximum absolute atomic E-state index is 13.1. The highest BCUT2D eigenvalue weighted by molar-refractivity contribution is 7.17. The molecule has 0 fully saturated rings. The predicted molar refractivity (Wildman–Crippen MR) is 114 cm³/mol. The van der Waals surface area contributed by atoms with Gasteiger partial charge < -0.3 is 10.4 Å². The Bertz CT molecular complexity index is 1140. The molecule has 3 aromatic rings. The highest BCUT2D eigenvalue weighted by Gasteiger charge is 2.22. The van der Waals surface area contributed by atoms with Crippen molar-refractivity contribution in [1.82, 2.24) is 9.55 Å². The normalized spacial score (nSPS) is 11.4. The molecule has 0 saturated carbocycles. The molecule has 2 heterocycles. The number of aromatic nitrogens is 2. The molecule has 0 aliphatic rings. The van der Waals surface area contributed by atoms with E-state index < -0.39 is 11.5 Å². The zero-order valence-electron chi connectivity index (χ0n) is 16.7. The summed E-state index contributed by atoms with van der Waals surface area (Å²) in [6.45, 7) is 7.59. The fraction of sp³-hybridized carbons (Fsp3) is 0.333. The summed E-state index contributed by atoms with van der Waals surface area (Å²) >= 11 is 1.12. The Balaban J connectivity index is 2.03. The molecule has 8 heteroatoms. The van der Waals surface area contributed by atoms with Crippen LogP contribution >= 0.6 is 11.3 Å². The monoisotopic (exact) mass is 413 g/mol. The van der Waals surface area contributed by atoms with Gasteiger partial charge in [0.05, 0.1) is 10.9 Å². The van der Waals surface area contributed by atoms with Gasteiger partial charge in [-0.25, -0.2) is 9.78 Å². The fourth-order valence-corrected chi connectivity index (χ4v) is 4.15. The fourth-order valence-electron chi connectivity index (χ4n) is 3.24. The van der Waals surface area contributed by atoms with Crippen LogP contribution in [0.25, 0.3) is 10.2 Å². The van der Waals surface area contributed by atoms with E-state index in [0.29, 0.717) is 16.3 Å². The third kappa shape index (κ3) is 4.07. The number of fused-ring (bicyclic) bond motifs is 1. The van der Waals surface area contributed by atoms with Crippen molar-refractivity contribution in [3.05, 3.63) is 57.0 Å². The molecule has 152 valence electrons. The lowest BCUT2D eigenvalue weighted by Gasteiger charge is -2.17. The molecule has 0 unspecified atom stereocenters. The van der Waals surface area contributed by atoms with Gasteiger partial charge in [0.2, 0.25) is 5.91 Å². The zero-order valence-corrected chi connectivity index (χ0v) is 17.5. The average Bonchev–Trinajstić information content (AvgIpc) is 3.08. The van der Waals surface area contributed by atoms with Crippen LogP contribution in [-0.4, -0.2) is 26.5 Å². The number of anilines is 1. The van der Waals surface area contributed by atoms with Crippen molar-refractivity contribution in [3.63, 3.8) is 0 Å². The lowest BCUT2D eigenvalue weighted by atomic mass is 10.0. The van der Waals surface area contributed by atoms with Crippen LogP contribution in [-0.2, 0) is 11.3 Å². The highest BCUT2D eigenvalue weighted by atomic mass is 32.1. The van der Waals surface area contributed by atoms with Gasteiger partial charge in [-0.05, 0) is 17.5 Å². The number of nitrogens with one attached hydrogen (secondary N) is 1. The second-order valence-electron chi connectivity index (χ2n) is 7.44. The molecule has 0 atom stereocenters. The van der Waals surface area contributed by atoms with E-state index in [4.69, 9.17) is 0 Å². The molecule has 1 amide bonds. The molecule has 0 saturated heterocycles. The van der Waals surface area contributed by atoms with Crippen LogP contribution in [0.5, 0.6) is 0 Å². The number of para-hydroxylation sites is 1. The lowest BCUT2D eigenvalue weighted by Crippen LogP contribution is -2.32. The second kappa shape index (κ2) is 8.16. The van der Waals surface area contributed by atoms with Gasteiger partial charge in [-0.2, -0.15) is 0 Å². The number of carbonyl (C=O) groups excluding carboxylic acids is 1. The molecule has 2 aromatic heterocycles. The third-order valence-electron chi connectivity index (χ3n) is 4.63. The quantitative estimate of drug-likeness (QED) is 0.635. The number of thiophene rings is 1. The van der Waals surface area contributed by atoms with Gasteiger partial charge in [-0.1, -0.05) is 45.9 Å². The molecular formula is C21H23N3O4S. The first-order valence-electron chi connectivity index (χ1n) is 9.34. The number of hydrogen-bond acceptors (Lipinski definition) is 5. The van der Waals surface area contributed by atoms with Crippen molar-refractivity contribution >= 4 is 39.1 Å². The van der Waals surface area contributed by atoms with E-state index in [2.05, 4.69) is 10.3 Å². The minimum atomic E-state index is -1.19. The number of amides is 1. The molecule has 0 radical (unpaired) electrons. The number of carbonyl (C=O) groups is 2. The van der Waals surface area contributed by atoms with Crippen molar-refractivity contribution in [2.24, 2.45) is 0 Å². The predicted octanol–water partition coefficient (Wildman–Crippen LogP) is 4.04. The number of carboxylic acid groups (broad SMARTS) is 1. The Morgan fingerprint density at radius 2 is 1.86 bits per heavy atom. The first-order valence-corrected chi connectivity index (χ1v) is 10.2. The van der Waals surface area contributed by atoms with Crippen molar-refractivity contribution in [1.29, 1.82) is 0 Å². The van der Waals surface area contributed by atoms with Crippen LogP contribution in [0.2, 0.25) is 0 Å². The molecule has 0 aliphatic heterocycles. The Morgan fingerprint density at radius 1 is 1.17 bits per heavy atom. The molecule has 0 spiro atoms. The first kappa shape index (κ1) is 20.7. The van der Waals surface area contributed by atoms with Crippen molar-refractivity contribution in [2.75, 3.05) is 5.32 Å². The van der Waals surface area contributed by atoms with E-state index in [1.54, 1.807) is 0 Å². The van der Waals surface area contributed by atoms with Crippen LogP contribution in [0.15, 0.2) is 34.4 Å². The molecular weight excluding hydrogens is 390 g/mol. The summed E-state index contributed by atoms with van der Waals surface area (Å²) < 4.78 is 1.28. The molecule has 7 nitrogen and oxygen atoms in total. The maximum atomic E-state index is 13.1. The number of benzene rings is 1. The van der Waals surface area contributed by atoms with Gasteiger partial charge >= 0.3 is 5.97 Å². The Morgan fingerprint density at radius 3 is 2.48 bits per heavy atom. The van der Waals surface area contributed by atoms with Crippen molar-refractivity contribution in [2.45, 2.75) is 46.1 Å². The summed E-state index contributed by atoms with van der Waals surface area (Å²) in [7, 11) is 0. The van der Waals surface area contributed by atoms with E-state index in [1.165, 1.54) is 9.95 Å². The van der Waals surface area contributed by atoms with Crippen molar-refractivity contribution in [3.8, 4) is 0 Å². The topological polar surface area (TPSA) is 101 Å². The summed E-state index contributed by atoms with van der Waals surface area (Å²) in [5.41, 5.74) is 1.10. The number of hydrogen-bond donors (Lipinski definition) is 2. The Kier molecular flexibility index (Phi) is 5.83. The van der Waals surface area contributed by atoms with Crippen LogP contribution in [0, 0.1) is 0 Å². The van der Waals surface area contributed by atoms with Crippen molar-refractivity contribution < 1.29 is 14.7 Å². The minimum Gasteiger partial charge on any atom is -0.478 e. The zero-order chi connectivity index (χ0) is 21.3. The minimum absolute atomic E-state index is 0.0438. The van der Waals surface area contributed by atoms with Crippen LogP contribution in [0.3, 0.4) is 0 Å². The number of rotatable bonds is 6. The lowest BCUT2D eigenvalue weighted by molar-refractivity contribution is -0.116. The van der Waals surface area contributed by atoms with Gasteiger partial charge in [0.15, 0.2) is 0 Å². The summed E-state index contributed by atoms with van der Waals surface area (Å²) in [5.74, 6) is -0.987. The van der Waals surface area contributed by atoms with Crippen LogP contribution < -0.4 is 10.9 Å². The second-order valence-corrected chi connectivity index (χ2v) is 8.30. The summed E-state index contributed by atoms with van der Waals surface area (Å²) in [6.07, 6.45) is 0. The van der Waals surface area contributed by atoms with Gasteiger partial charge in [-0.3, -0.25) is 14.2 Å². The van der Waals surface area contributed by atoms with E-state index in [0.717, 1.165) is 16.9 Å². The number of carboxylic acids is 1. The number of nitrogens with zero attached hydrogens (tertiary/aromatic N) is 2. The number of aromatic carboxylic acids is 1. The maximum Gasteiger partial charge on any atom is 0.337 e. The Hall–Kier alpha value is -3.00. The smallest absolute Gasteiger partial charge is 0.337 e. The van der Waals surface area contributed by atoms with Gasteiger partial charge in [0.1, 0.15) is 17.2 Å². The summed E-state index contributed by atoms with van der Waals surface area (Å²) in [4.78, 5) is 42.2. The van der Waals surface area contributed by atoms with Gasteiger partial charge in [0.25, 0.3) is 5.56 Å². The van der Waals surface area contributed by atoms with Crippen LogP contribution in [0.1, 0.15) is 61.3 Å². The molecule has 1 aromatic carbocycles. The van der Waals surface area contributed by atoms with Gasteiger partial charge in [-0.15, -0.1) is 11.3 Å². The molecule has 0 aliphatic carbocycles. The largest absolute Gasteiger partial charge is 0.478 e. The first-order chi connectivity index (χ1) is 13.7. The standard InChI is InChI=1S/C21H23N3O4S/c1-11(2)13-7-5-6-8-15(13)22-16(25)9-24-18(12(3)4)23-19-17(20(24)26)14(10-29-19)21(27)28/h5-8,10-12H,9H2,1-4H3,(H,22,25)(H,27,28). The van der Waals surface area contributed by atoms with Gasteiger partial charge in [0, 0.05) is 17.0 Å². The third-order valence-corrected chi connectivity index (χ3v) is 5.50. The van der Waals surface area contributed by atoms with Crippen LogP contribution in [0.4, 0.5) is 5.69 Å². The van der Waals surface area contributed by atoms with E-state index in [-0.39, 0.29) is 35.2 Å². The molecule has 2 N–H and O–H groups in total. The summed E-state index contributed by atoms with van der Waals surface area (Å²) in [6, 6.07) is 7.52.